The van der Waals surface area contributed by atoms with Gasteiger partial charge in [0, 0.05) is 60.1 Å². The van der Waals surface area contributed by atoms with Gasteiger partial charge in [-0.15, -0.1) is 0 Å². The van der Waals surface area contributed by atoms with Crippen LogP contribution in [0, 0.1) is 0 Å². The molecule has 3 aromatic carbocycles. The molecule has 0 spiro atoms. The van der Waals surface area contributed by atoms with Crippen LogP contribution in [0.5, 0.6) is 0 Å². The second kappa shape index (κ2) is 11.3. The summed E-state index contributed by atoms with van der Waals surface area (Å²) in [6, 6.07) is 22.6. The van der Waals surface area contributed by atoms with Crippen LogP contribution in [0.1, 0.15) is 49.6 Å². The summed E-state index contributed by atoms with van der Waals surface area (Å²) in [7, 11) is 1.65. The van der Waals surface area contributed by atoms with Crippen molar-refractivity contribution < 1.29 is 19.5 Å². The number of carbonyl (C=O) groups excluding carboxylic acids is 3. The molecule has 198 valence electrons. The maximum Gasteiger partial charge on any atom is 0.276 e. The minimum absolute atomic E-state index is 0.164. The first-order valence-corrected chi connectivity index (χ1v) is 12.8. The van der Waals surface area contributed by atoms with Gasteiger partial charge in [0.1, 0.15) is 5.69 Å². The average molecular weight is 524 g/mol. The van der Waals surface area contributed by atoms with Gasteiger partial charge in [0.25, 0.3) is 11.8 Å². The molecule has 0 bridgehead atoms. The number of H-pyrrole nitrogens is 1. The summed E-state index contributed by atoms with van der Waals surface area (Å²) < 4.78 is 0. The minimum atomic E-state index is -0.237. The number of hydrogen-bond donors (Lipinski definition) is 3. The maximum atomic E-state index is 13.0. The van der Waals surface area contributed by atoms with Crippen LogP contribution in [0.15, 0.2) is 85.1 Å². The van der Waals surface area contributed by atoms with Gasteiger partial charge < -0.3 is 20.2 Å². The summed E-state index contributed by atoms with van der Waals surface area (Å²) in [6.45, 7) is 1.59. The van der Waals surface area contributed by atoms with Gasteiger partial charge in [-0.1, -0.05) is 0 Å². The number of hydrogen-bond acceptors (Lipinski definition) is 6. The zero-order valence-corrected chi connectivity index (χ0v) is 21.5. The zero-order chi connectivity index (χ0) is 27.4. The predicted octanol–water partition coefficient (Wildman–Crippen LogP) is 4.13. The molecule has 5 rings (SSSR count). The van der Waals surface area contributed by atoms with Crippen molar-refractivity contribution in [3.05, 3.63) is 107 Å². The van der Waals surface area contributed by atoms with Crippen LogP contribution < -0.4 is 15.1 Å². The topological polar surface area (TPSA) is 119 Å². The third kappa shape index (κ3) is 5.89. The molecule has 0 unspecified atom stereocenters. The number of rotatable bonds is 7. The van der Waals surface area contributed by atoms with Crippen LogP contribution in [-0.2, 0) is 0 Å². The number of nitrogens with zero attached hydrogens (tertiary/aromatic N) is 3. The standard InChI is InChI=1S/C30H29N5O4/c1-34(30(39)27-14-17-31-33-27)24-10-4-21(5-11-24)28(37)20-2-8-23(9-3-20)32-29(38)22-6-12-25(13-7-22)35-18-15-26(36)16-19-35/h2-14,17,26,36H,15-16,18-19H2,1H3,(H,31,33)(H,32,38). The largest absolute Gasteiger partial charge is 0.393 e. The first-order valence-electron chi connectivity index (χ1n) is 12.8. The Morgan fingerprint density at radius 1 is 0.872 bits per heavy atom. The normalized spacial score (nSPS) is 13.6. The van der Waals surface area contributed by atoms with Gasteiger partial charge in [0.2, 0.25) is 0 Å². The molecule has 1 saturated heterocycles. The number of benzene rings is 3. The molecule has 1 fully saturated rings. The van der Waals surface area contributed by atoms with Crippen molar-refractivity contribution in [1.29, 1.82) is 0 Å². The number of aliphatic hydroxyl groups is 1. The van der Waals surface area contributed by atoms with E-state index in [-0.39, 0.29) is 23.7 Å². The van der Waals surface area contributed by atoms with Crippen molar-refractivity contribution >= 4 is 34.7 Å². The lowest BCUT2D eigenvalue weighted by Crippen LogP contribution is -2.35. The van der Waals surface area contributed by atoms with E-state index in [2.05, 4.69) is 20.4 Å². The number of aliphatic hydroxyl groups excluding tert-OH is 1. The first kappa shape index (κ1) is 25.9. The molecule has 0 saturated carbocycles. The summed E-state index contributed by atoms with van der Waals surface area (Å²) >= 11 is 0. The number of aromatic amines is 1. The summed E-state index contributed by atoms with van der Waals surface area (Å²) in [4.78, 5) is 41.9. The van der Waals surface area contributed by atoms with E-state index in [0.717, 1.165) is 31.6 Å². The van der Waals surface area contributed by atoms with Crippen molar-refractivity contribution in [3.63, 3.8) is 0 Å². The highest BCUT2D eigenvalue weighted by molar-refractivity contribution is 6.10. The summed E-state index contributed by atoms with van der Waals surface area (Å²) in [5, 5.41) is 19.0. The molecule has 2 heterocycles. The van der Waals surface area contributed by atoms with Gasteiger partial charge in [0.05, 0.1) is 6.10 Å². The van der Waals surface area contributed by atoms with E-state index in [1.54, 1.807) is 73.8 Å². The average Bonchev–Trinajstić information content (AvgIpc) is 3.52. The highest BCUT2D eigenvalue weighted by atomic mass is 16.3. The molecule has 0 atom stereocenters. The molecule has 0 radical (unpaired) electrons. The number of nitrogens with one attached hydrogen (secondary N) is 2. The third-order valence-electron chi connectivity index (χ3n) is 6.92. The van der Waals surface area contributed by atoms with Gasteiger partial charge in [0.15, 0.2) is 5.78 Å². The molecule has 9 heteroatoms. The Balaban J connectivity index is 1.18. The van der Waals surface area contributed by atoms with E-state index in [9.17, 15) is 19.5 Å². The van der Waals surface area contributed by atoms with Crippen LogP contribution in [0.25, 0.3) is 0 Å². The molecule has 2 amide bonds. The fourth-order valence-electron chi connectivity index (χ4n) is 4.53. The number of aromatic nitrogens is 2. The van der Waals surface area contributed by atoms with Gasteiger partial charge in [-0.2, -0.15) is 5.10 Å². The lowest BCUT2D eigenvalue weighted by Gasteiger charge is -2.31. The summed E-state index contributed by atoms with van der Waals surface area (Å²) in [5.74, 6) is -0.634. The minimum Gasteiger partial charge on any atom is -0.393 e. The number of piperidine rings is 1. The van der Waals surface area contributed by atoms with Crippen molar-refractivity contribution in [1.82, 2.24) is 10.2 Å². The second-order valence-corrected chi connectivity index (χ2v) is 9.51. The molecule has 1 aliphatic heterocycles. The quantitative estimate of drug-likeness (QED) is 0.314. The second-order valence-electron chi connectivity index (χ2n) is 9.51. The van der Waals surface area contributed by atoms with Gasteiger partial charge in [-0.25, -0.2) is 0 Å². The lowest BCUT2D eigenvalue weighted by atomic mass is 10.0. The maximum absolute atomic E-state index is 13.0. The summed E-state index contributed by atoms with van der Waals surface area (Å²) in [5.41, 5.74) is 4.14. The Bertz CT molecular complexity index is 1440. The van der Waals surface area contributed by atoms with Crippen LogP contribution in [0.2, 0.25) is 0 Å². The number of anilines is 3. The Morgan fingerprint density at radius 2 is 1.46 bits per heavy atom. The van der Waals surface area contributed by atoms with E-state index in [4.69, 9.17) is 0 Å². The van der Waals surface area contributed by atoms with Crippen molar-refractivity contribution in [2.24, 2.45) is 0 Å². The fraction of sp³-hybridized carbons (Fsp3) is 0.200. The first-order chi connectivity index (χ1) is 18.9. The van der Waals surface area contributed by atoms with Gasteiger partial charge >= 0.3 is 0 Å². The van der Waals surface area contributed by atoms with E-state index < -0.39 is 0 Å². The smallest absolute Gasteiger partial charge is 0.276 e. The van der Waals surface area contributed by atoms with E-state index >= 15 is 0 Å². The molecule has 0 aliphatic carbocycles. The van der Waals surface area contributed by atoms with Crippen LogP contribution in [0.3, 0.4) is 0 Å². The lowest BCUT2D eigenvalue weighted by molar-refractivity contribution is 0.0986. The van der Waals surface area contributed by atoms with Crippen LogP contribution in [-0.4, -0.2) is 59.1 Å². The number of carbonyl (C=O) groups is 3. The van der Waals surface area contributed by atoms with Crippen molar-refractivity contribution in [2.75, 3.05) is 35.3 Å². The molecule has 1 aromatic heterocycles. The third-order valence-corrected chi connectivity index (χ3v) is 6.92. The predicted molar refractivity (Wildman–Crippen MR) is 149 cm³/mol. The summed E-state index contributed by atoms with van der Waals surface area (Å²) in [6.07, 6.45) is 2.78. The van der Waals surface area contributed by atoms with Gasteiger partial charge in [-0.3, -0.25) is 19.5 Å². The molecule has 4 aromatic rings. The van der Waals surface area contributed by atoms with E-state index in [1.165, 1.54) is 11.1 Å². The SMILES string of the molecule is CN(C(=O)c1ccn[nH]1)c1ccc(C(=O)c2ccc(NC(=O)c3ccc(N4CCC(O)CC4)cc3)cc2)cc1. The molecule has 9 nitrogen and oxygen atoms in total. The Morgan fingerprint density at radius 3 is 2.05 bits per heavy atom. The molecule has 39 heavy (non-hydrogen) atoms. The van der Waals surface area contributed by atoms with E-state index in [0.29, 0.717) is 33.8 Å². The highest BCUT2D eigenvalue weighted by Crippen LogP contribution is 2.22. The van der Waals surface area contributed by atoms with Crippen molar-refractivity contribution in [2.45, 2.75) is 18.9 Å². The molecular formula is C30H29N5O4. The van der Waals surface area contributed by atoms with Crippen molar-refractivity contribution in [3.8, 4) is 0 Å². The molecule has 3 N–H and O–H groups in total. The number of ketones is 1. The number of amides is 2. The highest BCUT2D eigenvalue weighted by Gasteiger charge is 2.18. The Kier molecular flexibility index (Phi) is 7.51. The monoisotopic (exact) mass is 523 g/mol. The van der Waals surface area contributed by atoms with Crippen LogP contribution in [0.4, 0.5) is 17.1 Å². The Labute approximate surface area is 226 Å². The fourth-order valence-corrected chi connectivity index (χ4v) is 4.53. The molecular weight excluding hydrogens is 494 g/mol. The zero-order valence-electron chi connectivity index (χ0n) is 21.5. The molecule has 1 aliphatic rings. The Hall–Kier alpha value is -4.76. The van der Waals surface area contributed by atoms with Gasteiger partial charge in [-0.05, 0) is 91.7 Å². The van der Waals surface area contributed by atoms with E-state index in [1.807, 2.05) is 12.1 Å². The van der Waals surface area contributed by atoms with Crippen LogP contribution >= 0.6 is 0 Å².